The lowest BCUT2D eigenvalue weighted by atomic mass is 10.2. The summed E-state index contributed by atoms with van der Waals surface area (Å²) in [6.07, 6.45) is 2.95. The van der Waals surface area contributed by atoms with Crippen LogP contribution < -0.4 is 5.32 Å². The first-order valence-electron chi connectivity index (χ1n) is 5.43. The van der Waals surface area contributed by atoms with E-state index in [0.29, 0.717) is 12.1 Å². The van der Waals surface area contributed by atoms with Gasteiger partial charge < -0.3 is 5.32 Å². The fourth-order valence-corrected chi connectivity index (χ4v) is 3.23. The van der Waals surface area contributed by atoms with Gasteiger partial charge in [0, 0.05) is 22.5 Å². The molecule has 0 saturated carbocycles. The standard InChI is InChI=1S/C12H16N2S2/c1-9(8-11-4-3-6-15-11)14-10(2)12-13-5-7-16-12/h3-7,9-10,14H,8H2,1-2H3. The molecule has 0 aliphatic carbocycles. The molecular formula is C12H16N2S2. The van der Waals surface area contributed by atoms with E-state index in [4.69, 9.17) is 0 Å². The largest absolute Gasteiger partial charge is 0.305 e. The van der Waals surface area contributed by atoms with Gasteiger partial charge in [-0.1, -0.05) is 6.07 Å². The molecule has 0 saturated heterocycles. The van der Waals surface area contributed by atoms with Gasteiger partial charge in [0.05, 0.1) is 6.04 Å². The minimum absolute atomic E-state index is 0.343. The Balaban J connectivity index is 1.85. The zero-order valence-electron chi connectivity index (χ0n) is 9.51. The van der Waals surface area contributed by atoms with Crippen molar-refractivity contribution in [2.45, 2.75) is 32.4 Å². The molecule has 2 atom stereocenters. The first-order chi connectivity index (χ1) is 7.75. The highest BCUT2D eigenvalue weighted by molar-refractivity contribution is 7.10. The smallest absolute Gasteiger partial charge is 0.109 e. The normalized spacial score (nSPS) is 14.9. The molecule has 0 aliphatic heterocycles. The number of thiazole rings is 1. The molecule has 0 aliphatic rings. The molecule has 0 fully saturated rings. The summed E-state index contributed by atoms with van der Waals surface area (Å²) in [4.78, 5) is 5.76. The number of aromatic nitrogens is 1. The van der Waals surface area contributed by atoms with Crippen LogP contribution in [0.5, 0.6) is 0 Å². The fourth-order valence-electron chi connectivity index (χ4n) is 1.74. The SMILES string of the molecule is CC(Cc1cccs1)NC(C)c1nccs1. The summed E-state index contributed by atoms with van der Waals surface area (Å²) in [6.45, 7) is 4.40. The van der Waals surface area contributed by atoms with Crippen molar-refractivity contribution >= 4 is 22.7 Å². The molecule has 16 heavy (non-hydrogen) atoms. The molecule has 0 spiro atoms. The average Bonchev–Trinajstić information content (AvgIpc) is 2.88. The number of nitrogens with one attached hydrogen (secondary N) is 1. The van der Waals surface area contributed by atoms with Gasteiger partial charge in [0.1, 0.15) is 5.01 Å². The van der Waals surface area contributed by atoms with E-state index in [-0.39, 0.29) is 0 Å². The molecule has 2 unspecified atom stereocenters. The maximum atomic E-state index is 4.32. The van der Waals surface area contributed by atoms with Crippen molar-refractivity contribution < 1.29 is 0 Å². The summed E-state index contributed by atoms with van der Waals surface area (Å²) in [5, 5.41) is 8.90. The molecule has 4 heteroatoms. The van der Waals surface area contributed by atoms with Gasteiger partial charge in [0.2, 0.25) is 0 Å². The van der Waals surface area contributed by atoms with E-state index in [1.165, 1.54) is 4.88 Å². The van der Waals surface area contributed by atoms with Crippen LogP contribution in [0.1, 0.15) is 29.8 Å². The van der Waals surface area contributed by atoms with Crippen LogP contribution in [0, 0.1) is 0 Å². The van der Waals surface area contributed by atoms with Crippen LogP contribution in [-0.2, 0) is 6.42 Å². The van der Waals surface area contributed by atoms with Gasteiger partial charge in [-0.3, -0.25) is 0 Å². The van der Waals surface area contributed by atoms with Gasteiger partial charge in [-0.2, -0.15) is 0 Å². The first kappa shape index (κ1) is 11.8. The summed E-state index contributed by atoms with van der Waals surface area (Å²) in [5.74, 6) is 0. The highest BCUT2D eigenvalue weighted by Gasteiger charge is 2.11. The summed E-state index contributed by atoms with van der Waals surface area (Å²) < 4.78 is 0. The molecule has 2 heterocycles. The van der Waals surface area contributed by atoms with Crippen molar-refractivity contribution in [1.29, 1.82) is 0 Å². The van der Waals surface area contributed by atoms with Crippen molar-refractivity contribution in [3.63, 3.8) is 0 Å². The summed E-state index contributed by atoms with van der Waals surface area (Å²) in [7, 11) is 0. The van der Waals surface area contributed by atoms with E-state index in [2.05, 4.69) is 41.7 Å². The molecule has 2 aromatic heterocycles. The number of thiophene rings is 1. The van der Waals surface area contributed by atoms with E-state index in [1.807, 2.05) is 22.9 Å². The predicted molar refractivity (Wildman–Crippen MR) is 71.1 cm³/mol. The lowest BCUT2D eigenvalue weighted by Gasteiger charge is -2.17. The van der Waals surface area contributed by atoms with Crippen LogP contribution >= 0.6 is 22.7 Å². The van der Waals surface area contributed by atoms with Crippen LogP contribution in [0.3, 0.4) is 0 Å². The van der Waals surface area contributed by atoms with E-state index in [1.54, 1.807) is 11.3 Å². The van der Waals surface area contributed by atoms with Crippen molar-refractivity contribution in [2.24, 2.45) is 0 Å². The van der Waals surface area contributed by atoms with Crippen LogP contribution in [-0.4, -0.2) is 11.0 Å². The Morgan fingerprint density at radius 3 is 2.81 bits per heavy atom. The van der Waals surface area contributed by atoms with Gasteiger partial charge in [-0.15, -0.1) is 22.7 Å². The molecule has 2 nitrogen and oxygen atoms in total. The summed E-state index contributed by atoms with van der Waals surface area (Å²) in [6, 6.07) is 5.13. The molecular weight excluding hydrogens is 236 g/mol. The maximum absolute atomic E-state index is 4.32. The fraction of sp³-hybridized carbons (Fsp3) is 0.417. The monoisotopic (exact) mass is 252 g/mol. The Morgan fingerprint density at radius 1 is 1.31 bits per heavy atom. The van der Waals surface area contributed by atoms with E-state index in [9.17, 15) is 0 Å². The highest BCUT2D eigenvalue weighted by Crippen LogP contribution is 2.17. The zero-order chi connectivity index (χ0) is 11.4. The van der Waals surface area contributed by atoms with Crippen molar-refractivity contribution in [2.75, 3.05) is 0 Å². The summed E-state index contributed by atoms with van der Waals surface area (Å²) in [5.41, 5.74) is 0. The van der Waals surface area contributed by atoms with Gasteiger partial charge in [0.15, 0.2) is 0 Å². The Labute approximate surface area is 104 Å². The summed E-state index contributed by atoms with van der Waals surface area (Å²) >= 11 is 3.53. The third-order valence-corrected chi connectivity index (χ3v) is 4.30. The van der Waals surface area contributed by atoms with Crippen LogP contribution in [0.25, 0.3) is 0 Å². The highest BCUT2D eigenvalue weighted by atomic mass is 32.1. The van der Waals surface area contributed by atoms with Crippen molar-refractivity contribution in [3.8, 4) is 0 Å². The number of hydrogen-bond acceptors (Lipinski definition) is 4. The molecule has 0 aromatic carbocycles. The second-order valence-corrected chi connectivity index (χ2v) is 5.90. The predicted octanol–water partition coefficient (Wildman–Crippen LogP) is 3.49. The van der Waals surface area contributed by atoms with E-state index >= 15 is 0 Å². The van der Waals surface area contributed by atoms with Gasteiger partial charge in [0.25, 0.3) is 0 Å². The first-order valence-corrected chi connectivity index (χ1v) is 7.19. The van der Waals surface area contributed by atoms with Gasteiger partial charge in [-0.05, 0) is 31.7 Å². The Morgan fingerprint density at radius 2 is 2.19 bits per heavy atom. The Bertz CT molecular complexity index is 395. The molecule has 1 N–H and O–H groups in total. The molecule has 2 rings (SSSR count). The second-order valence-electron chi connectivity index (χ2n) is 3.94. The minimum Gasteiger partial charge on any atom is -0.305 e. The van der Waals surface area contributed by atoms with Crippen molar-refractivity contribution in [1.82, 2.24) is 10.3 Å². The molecule has 0 radical (unpaired) electrons. The lowest BCUT2D eigenvalue weighted by Crippen LogP contribution is -2.30. The van der Waals surface area contributed by atoms with Crippen molar-refractivity contribution in [3.05, 3.63) is 39.0 Å². The van der Waals surface area contributed by atoms with Crippen LogP contribution in [0.2, 0.25) is 0 Å². The molecule has 0 amide bonds. The Hall–Kier alpha value is -0.710. The number of hydrogen-bond donors (Lipinski definition) is 1. The number of nitrogens with zero attached hydrogens (tertiary/aromatic N) is 1. The lowest BCUT2D eigenvalue weighted by molar-refractivity contribution is 0.478. The van der Waals surface area contributed by atoms with Gasteiger partial charge in [-0.25, -0.2) is 4.98 Å². The third-order valence-electron chi connectivity index (χ3n) is 2.44. The second kappa shape index (κ2) is 5.57. The van der Waals surface area contributed by atoms with Crippen LogP contribution in [0.15, 0.2) is 29.1 Å². The van der Waals surface area contributed by atoms with E-state index in [0.717, 1.165) is 11.4 Å². The average molecular weight is 252 g/mol. The molecule has 86 valence electrons. The maximum Gasteiger partial charge on any atom is 0.109 e. The quantitative estimate of drug-likeness (QED) is 0.881. The topological polar surface area (TPSA) is 24.9 Å². The molecule has 2 aromatic rings. The van der Waals surface area contributed by atoms with Gasteiger partial charge >= 0.3 is 0 Å². The Kier molecular flexibility index (Phi) is 4.09. The van der Waals surface area contributed by atoms with Crippen LogP contribution in [0.4, 0.5) is 0 Å². The minimum atomic E-state index is 0.343. The van der Waals surface area contributed by atoms with E-state index < -0.39 is 0 Å². The molecule has 0 bridgehead atoms. The third kappa shape index (κ3) is 3.14. The zero-order valence-corrected chi connectivity index (χ0v) is 11.1. The number of rotatable bonds is 5.